The summed E-state index contributed by atoms with van der Waals surface area (Å²) in [6.45, 7) is 1.14. The Bertz CT molecular complexity index is 681. The highest BCUT2D eigenvalue weighted by atomic mass is 32.2. The standard InChI is InChI=1S/C15H19F3N2O3S/c16-15(17,18)13-2-1-3-14(19-13)23-10-11-6-8-20(9-7-11)24(21,22)12-4-5-12/h1-3,11-12H,4-10H2. The van der Waals surface area contributed by atoms with Crippen LogP contribution in [0.1, 0.15) is 31.4 Å². The van der Waals surface area contributed by atoms with Crippen LogP contribution in [0.2, 0.25) is 0 Å². The molecule has 0 spiro atoms. The number of rotatable bonds is 5. The van der Waals surface area contributed by atoms with E-state index in [1.54, 1.807) is 0 Å². The number of sulfonamides is 1. The summed E-state index contributed by atoms with van der Waals surface area (Å²) in [4.78, 5) is 3.46. The summed E-state index contributed by atoms with van der Waals surface area (Å²) in [7, 11) is -3.15. The molecule has 0 N–H and O–H groups in total. The van der Waals surface area contributed by atoms with E-state index >= 15 is 0 Å². The quantitative estimate of drug-likeness (QED) is 0.806. The number of halogens is 3. The molecule has 0 atom stereocenters. The Morgan fingerprint density at radius 2 is 1.83 bits per heavy atom. The molecular formula is C15H19F3N2O3S. The van der Waals surface area contributed by atoms with Crippen LogP contribution in [0.5, 0.6) is 5.88 Å². The van der Waals surface area contributed by atoms with Crippen molar-refractivity contribution < 1.29 is 26.3 Å². The van der Waals surface area contributed by atoms with Crippen molar-refractivity contribution in [3.63, 3.8) is 0 Å². The van der Waals surface area contributed by atoms with Crippen molar-refractivity contribution in [3.8, 4) is 5.88 Å². The second-order valence-corrected chi connectivity index (χ2v) is 8.47. The second-order valence-electron chi connectivity index (χ2n) is 6.26. The highest BCUT2D eigenvalue weighted by Gasteiger charge is 2.41. The molecule has 2 fully saturated rings. The molecule has 2 aliphatic rings. The first-order chi connectivity index (χ1) is 11.3. The molecule has 1 aliphatic heterocycles. The predicted molar refractivity (Wildman–Crippen MR) is 81.0 cm³/mol. The van der Waals surface area contributed by atoms with Crippen LogP contribution in [0.25, 0.3) is 0 Å². The van der Waals surface area contributed by atoms with Crippen molar-refractivity contribution in [2.24, 2.45) is 5.92 Å². The summed E-state index contributed by atoms with van der Waals surface area (Å²) in [5.41, 5.74) is -0.981. The molecule has 5 nitrogen and oxygen atoms in total. The zero-order valence-electron chi connectivity index (χ0n) is 13.0. The molecule has 2 heterocycles. The largest absolute Gasteiger partial charge is 0.477 e. The van der Waals surface area contributed by atoms with Gasteiger partial charge in [-0.25, -0.2) is 17.7 Å². The first-order valence-corrected chi connectivity index (χ1v) is 9.43. The zero-order valence-corrected chi connectivity index (χ0v) is 13.8. The second kappa shape index (κ2) is 6.51. The van der Waals surface area contributed by atoms with Crippen molar-refractivity contribution >= 4 is 10.0 Å². The van der Waals surface area contributed by atoms with Gasteiger partial charge in [0.05, 0.1) is 11.9 Å². The summed E-state index contributed by atoms with van der Waals surface area (Å²) in [5, 5.41) is -0.209. The molecule has 24 heavy (non-hydrogen) atoms. The van der Waals surface area contributed by atoms with E-state index in [4.69, 9.17) is 4.74 Å². The Morgan fingerprint density at radius 1 is 1.17 bits per heavy atom. The highest BCUT2D eigenvalue weighted by molar-refractivity contribution is 7.90. The Labute approximate surface area is 138 Å². The summed E-state index contributed by atoms with van der Waals surface area (Å²) in [6.07, 6.45) is -1.73. The van der Waals surface area contributed by atoms with Gasteiger partial charge in [0.15, 0.2) is 0 Å². The Balaban J connectivity index is 1.50. The topological polar surface area (TPSA) is 59.5 Å². The number of pyridine rings is 1. The van der Waals surface area contributed by atoms with Crippen molar-refractivity contribution in [1.82, 2.24) is 9.29 Å². The minimum absolute atomic E-state index is 0.0575. The molecule has 0 aromatic carbocycles. The van der Waals surface area contributed by atoms with E-state index in [9.17, 15) is 21.6 Å². The van der Waals surface area contributed by atoms with E-state index in [0.29, 0.717) is 25.9 Å². The fourth-order valence-electron chi connectivity index (χ4n) is 2.76. The van der Waals surface area contributed by atoms with E-state index in [0.717, 1.165) is 18.9 Å². The van der Waals surface area contributed by atoms with Gasteiger partial charge in [0.25, 0.3) is 0 Å². The van der Waals surface area contributed by atoms with Gasteiger partial charge in [-0.1, -0.05) is 6.07 Å². The van der Waals surface area contributed by atoms with Crippen LogP contribution in [-0.2, 0) is 16.2 Å². The fourth-order valence-corrected chi connectivity index (χ4v) is 4.64. The van der Waals surface area contributed by atoms with Crippen molar-refractivity contribution in [2.45, 2.75) is 37.1 Å². The summed E-state index contributed by atoms with van der Waals surface area (Å²) in [6, 6.07) is 3.55. The lowest BCUT2D eigenvalue weighted by molar-refractivity contribution is -0.141. The monoisotopic (exact) mass is 364 g/mol. The van der Waals surface area contributed by atoms with E-state index < -0.39 is 21.9 Å². The van der Waals surface area contributed by atoms with E-state index in [1.165, 1.54) is 16.4 Å². The van der Waals surface area contributed by atoms with E-state index in [2.05, 4.69) is 4.98 Å². The smallest absolute Gasteiger partial charge is 0.433 e. The third-order valence-corrected chi connectivity index (χ3v) is 6.76. The lowest BCUT2D eigenvalue weighted by Gasteiger charge is -2.31. The predicted octanol–water partition coefficient (Wildman–Crippen LogP) is 2.68. The SMILES string of the molecule is O=S(=O)(C1CC1)N1CCC(COc2cccc(C(F)(F)F)n2)CC1. The molecule has 0 amide bonds. The summed E-state index contributed by atoms with van der Waals surface area (Å²) < 4.78 is 69.0. The minimum Gasteiger partial charge on any atom is -0.477 e. The maximum absolute atomic E-state index is 12.6. The molecule has 3 rings (SSSR count). The molecule has 1 aliphatic carbocycles. The van der Waals surface area contributed by atoms with Crippen molar-refractivity contribution in [2.75, 3.05) is 19.7 Å². The summed E-state index contributed by atoms with van der Waals surface area (Å²) in [5.74, 6) is 0.0600. The third-order valence-electron chi connectivity index (χ3n) is 4.36. The molecule has 0 bridgehead atoms. The van der Waals surface area contributed by atoms with Gasteiger partial charge < -0.3 is 4.74 Å². The van der Waals surface area contributed by atoms with Crippen molar-refractivity contribution in [1.29, 1.82) is 0 Å². The molecule has 1 saturated heterocycles. The molecule has 0 radical (unpaired) electrons. The maximum atomic E-state index is 12.6. The highest BCUT2D eigenvalue weighted by Crippen LogP contribution is 2.33. The van der Waals surface area contributed by atoms with Gasteiger partial charge in [-0.15, -0.1) is 0 Å². The average Bonchev–Trinajstić information content (AvgIpc) is 3.38. The van der Waals surface area contributed by atoms with Crippen LogP contribution in [0.3, 0.4) is 0 Å². The zero-order chi connectivity index (χ0) is 17.4. The number of hydrogen-bond donors (Lipinski definition) is 0. The van der Waals surface area contributed by atoms with Gasteiger partial charge in [-0.05, 0) is 37.7 Å². The number of piperidine rings is 1. The van der Waals surface area contributed by atoms with Gasteiger partial charge in [0.2, 0.25) is 15.9 Å². The molecule has 9 heteroatoms. The van der Waals surface area contributed by atoms with Crippen LogP contribution in [0.4, 0.5) is 13.2 Å². The number of alkyl halides is 3. The maximum Gasteiger partial charge on any atom is 0.433 e. The summed E-state index contributed by atoms with van der Waals surface area (Å²) >= 11 is 0. The normalized spacial score (nSPS) is 21.0. The van der Waals surface area contributed by atoms with Crippen LogP contribution in [-0.4, -0.2) is 42.7 Å². The van der Waals surface area contributed by atoms with Gasteiger partial charge in [0.1, 0.15) is 5.69 Å². The Hall–Kier alpha value is -1.35. The van der Waals surface area contributed by atoms with Gasteiger partial charge in [0, 0.05) is 19.2 Å². The first-order valence-electron chi connectivity index (χ1n) is 7.93. The fraction of sp³-hybridized carbons (Fsp3) is 0.667. The number of aromatic nitrogens is 1. The lowest BCUT2D eigenvalue weighted by atomic mass is 9.99. The Morgan fingerprint density at radius 3 is 2.42 bits per heavy atom. The average molecular weight is 364 g/mol. The van der Waals surface area contributed by atoms with Gasteiger partial charge >= 0.3 is 6.18 Å². The molecule has 0 unspecified atom stereocenters. The van der Waals surface area contributed by atoms with Gasteiger partial charge in [-0.3, -0.25) is 0 Å². The van der Waals surface area contributed by atoms with Crippen LogP contribution in [0.15, 0.2) is 18.2 Å². The first kappa shape index (κ1) is 17.5. The minimum atomic E-state index is -4.50. The third kappa shape index (κ3) is 4.00. The number of hydrogen-bond acceptors (Lipinski definition) is 4. The Kier molecular flexibility index (Phi) is 4.74. The molecule has 1 aromatic heterocycles. The van der Waals surface area contributed by atoms with Crippen LogP contribution in [0, 0.1) is 5.92 Å². The molecule has 134 valence electrons. The van der Waals surface area contributed by atoms with Crippen molar-refractivity contribution in [3.05, 3.63) is 23.9 Å². The molecule has 1 aromatic rings. The van der Waals surface area contributed by atoms with E-state index in [-0.39, 0.29) is 23.7 Å². The molecular weight excluding hydrogens is 345 g/mol. The number of ether oxygens (including phenoxy) is 1. The van der Waals surface area contributed by atoms with Crippen LogP contribution >= 0.6 is 0 Å². The number of nitrogens with zero attached hydrogens (tertiary/aromatic N) is 2. The lowest BCUT2D eigenvalue weighted by Crippen LogP contribution is -2.41. The van der Waals surface area contributed by atoms with E-state index in [1.807, 2.05) is 0 Å². The van der Waals surface area contributed by atoms with Crippen LogP contribution < -0.4 is 4.74 Å². The van der Waals surface area contributed by atoms with Gasteiger partial charge in [-0.2, -0.15) is 13.2 Å². The molecule has 1 saturated carbocycles.